The van der Waals surface area contributed by atoms with Gasteiger partial charge in [0.15, 0.2) is 17.3 Å². The number of anilines is 1. The van der Waals surface area contributed by atoms with Crippen LogP contribution in [0.4, 0.5) is 5.69 Å². The molecule has 0 radical (unpaired) electrons. The van der Waals surface area contributed by atoms with E-state index in [1.54, 1.807) is 25.1 Å². The third kappa shape index (κ3) is 4.30. The molecule has 1 aromatic heterocycles. The van der Waals surface area contributed by atoms with Crippen LogP contribution >= 0.6 is 11.3 Å². The first-order valence-electron chi connectivity index (χ1n) is 11.2. The van der Waals surface area contributed by atoms with Crippen molar-refractivity contribution < 1.29 is 24.2 Å². The van der Waals surface area contributed by atoms with Gasteiger partial charge in [-0.25, -0.2) is 4.98 Å². The first-order valence-corrected chi connectivity index (χ1v) is 12.1. The molecule has 0 fully saturated rings. The average Bonchev–Trinajstić information content (AvgIpc) is 3.33. The van der Waals surface area contributed by atoms with Crippen molar-refractivity contribution in [1.82, 2.24) is 4.98 Å². The molecular weight excluding hydrogens is 464 g/mol. The Bertz CT molecular complexity index is 1320. The summed E-state index contributed by atoms with van der Waals surface area (Å²) < 4.78 is 10.8. The average molecular weight is 493 g/mol. The van der Waals surface area contributed by atoms with E-state index in [1.165, 1.54) is 30.5 Å². The normalized spacial score (nSPS) is 15.8. The predicted molar refractivity (Wildman–Crippen MR) is 136 cm³/mol. The highest BCUT2D eigenvalue weighted by atomic mass is 32.1. The van der Waals surface area contributed by atoms with Crippen molar-refractivity contribution in [1.29, 1.82) is 0 Å². The van der Waals surface area contributed by atoms with Gasteiger partial charge in [0.05, 0.1) is 41.4 Å². The summed E-state index contributed by atoms with van der Waals surface area (Å²) in [6, 6.07) is 11.9. The van der Waals surface area contributed by atoms with E-state index in [4.69, 9.17) is 9.47 Å². The van der Waals surface area contributed by atoms with Crippen LogP contribution in [-0.4, -0.2) is 36.0 Å². The van der Waals surface area contributed by atoms with Gasteiger partial charge in [-0.15, -0.1) is 11.3 Å². The molecule has 1 N–H and O–H groups in total. The van der Waals surface area contributed by atoms with Gasteiger partial charge in [0.25, 0.3) is 5.91 Å². The maximum Gasteiger partial charge on any atom is 0.294 e. The van der Waals surface area contributed by atoms with Crippen molar-refractivity contribution >= 4 is 28.7 Å². The van der Waals surface area contributed by atoms with Crippen molar-refractivity contribution in [2.24, 2.45) is 0 Å². The number of carbonyl (C=O) groups is 2. The first-order chi connectivity index (χ1) is 16.7. The van der Waals surface area contributed by atoms with Crippen LogP contribution in [0.25, 0.3) is 0 Å². The van der Waals surface area contributed by atoms with E-state index in [9.17, 15) is 14.7 Å². The fourth-order valence-electron chi connectivity index (χ4n) is 4.33. The van der Waals surface area contributed by atoms with Crippen molar-refractivity contribution in [2.75, 3.05) is 19.1 Å². The third-order valence-electron chi connectivity index (χ3n) is 6.12. The zero-order chi connectivity index (χ0) is 25.4. The number of hydrogen-bond donors (Lipinski definition) is 1. The predicted octanol–water partition coefficient (Wildman–Crippen LogP) is 5.68. The minimum absolute atomic E-state index is 0.0157. The lowest BCUT2D eigenvalue weighted by Crippen LogP contribution is -2.31. The Morgan fingerprint density at radius 1 is 1.06 bits per heavy atom. The minimum Gasteiger partial charge on any atom is -0.503 e. The molecule has 2 heterocycles. The summed E-state index contributed by atoms with van der Waals surface area (Å²) in [5.74, 6) is -0.322. The van der Waals surface area contributed by atoms with Crippen LogP contribution in [0.15, 0.2) is 53.8 Å². The monoisotopic (exact) mass is 492 g/mol. The van der Waals surface area contributed by atoms with E-state index in [-0.39, 0.29) is 5.57 Å². The SMILES string of the molecule is COc1ccc(C2C(C(=O)c3sc(C)nc3C)=C(O)C(=O)N2c2ccc(C(C)C)cc2)cc1OC. The summed E-state index contributed by atoms with van der Waals surface area (Å²) in [7, 11) is 3.06. The molecular formula is C27H28N2O5S. The number of Topliss-reactive ketones (excluding diaryl/α,β-unsaturated/α-hetero) is 1. The molecule has 35 heavy (non-hydrogen) atoms. The molecule has 0 saturated carbocycles. The lowest BCUT2D eigenvalue weighted by atomic mass is 9.94. The highest BCUT2D eigenvalue weighted by Crippen LogP contribution is 2.44. The summed E-state index contributed by atoms with van der Waals surface area (Å²) >= 11 is 1.25. The molecule has 3 aromatic rings. The van der Waals surface area contributed by atoms with Crippen LogP contribution in [0.2, 0.25) is 0 Å². The van der Waals surface area contributed by atoms with Gasteiger partial charge in [-0.2, -0.15) is 0 Å². The van der Waals surface area contributed by atoms with Crippen molar-refractivity contribution in [3.63, 3.8) is 0 Å². The molecule has 1 amide bonds. The highest BCUT2D eigenvalue weighted by Gasteiger charge is 2.45. The molecule has 0 saturated heterocycles. The van der Waals surface area contributed by atoms with Crippen molar-refractivity contribution in [2.45, 2.75) is 39.7 Å². The number of rotatable bonds is 7. The summed E-state index contributed by atoms with van der Waals surface area (Å²) in [5.41, 5.74) is 2.88. The van der Waals surface area contributed by atoms with Crippen LogP contribution in [0.3, 0.4) is 0 Å². The molecule has 1 aliphatic heterocycles. The molecule has 2 aromatic carbocycles. The van der Waals surface area contributed by atoms with Crippen molar-refractivity contribution in [3.8, 4) is 11.5 Å². The number of benzene rings is 2. The van der Waals surface area contributed by atoms with Crippen LogP contribution in [-0.2, 0) is 4.79 Å². The van der Waals surface area contributed by atoms with Crippen LogP contribution in [0.1, 0.15) is 57.3 Å². The first kappa shape index (κ1) is 24.5. The second kappa shape index (κ2) is 9.54. The second-order valence-electron chi connectivity index (χ2n) is 8.68. The van der Waals surface area contributed by atoms with Crippen molar-refractivity contribution in [3.05, 3.63) is 80.5 Å². The number of aryl methyl sites for hydroxylation is 2. The van der Waals surface area contributed by atoms with Crippen LogP contribution in [0.5, 0.6) is 11.5 Å². The zero-order valence-corrected chi connectivity index (χ0v) is 21.4. The Labute approximate surface area is 208 Å². The van der Waals surface area contributed by atoms with E-state index in [1.807, 2.05) is 31.2 Å². The van der Waals surface area contributed by atoms with Crippen LogP contribution in [0, 0.1) is 13.8 Å². The number of aliphatic hydroxyl groups is 1. The topological polar surface area (TPSA) is 89.0 Å². The third-order valence-corrected chi connectivity index (χ3v) is 7.20. The highest BCUT2D eigenvalue weighted by molar-refractivity contribution is 7.14. The molecule has 0 bridgehead atoms. The number of aromatic nitrogens is 1. The Morgan fingerprint density at radius 2 is 1.71 bits per heavy atom. The Balaban J connectivity index is 1.90. The quantitative estimate of drug-likeness (QED) is 0.427. The van der Waals surface area contributed by atoms with Gasteiger partial charge in [0, 0.05) is 5.69 Å². The second-order valence-corrected chi connectivity index (χ2v) is 9.88. The summed E-state index contributed by atoms with van der Waals surface area (Å²) in [6.45, 7) is 7.74. The number of ether oxygens (including phenoxy) is 2. The fraction of sp³-hybridized carbons (Fsp3) is 0.296. The molecule has 7 nitrogen and oxygen atoms in total. The maximum absolute atomic E-state index is 13.7. The number of hydrogen-bond acceptors (Lipinski definition) is 7. The summed E-state index contributed by atoms with van der Waals surface area (Å²) in [6.07, 6.45) is 0. The number of thiazole rings is 1. The zero-order valence-electron chi connectivity index (χ0n) is 20.6. The van der Waals surface area contributed by atoms with Gasteiger partial charge in [-0.05, 0) is 55.2 Å². The Hall–Kier alpha value is -3.65. The Kier molecular flexibility index (Phi) is 6.67. The minimum atomic E-state index is -0.860. The van der Waals surface area contributed by atoms with Gasteiger partial charge in [0.2, 0.25) is 5.78 Å². The van der Waals surface area contributed by atoms with Crippen LogP contribution < -0.4 is 14.4 Å². The summed E-state index contributed by atoms with van der Waals surface area (Å²) in [5, 5.41) is 11.8. The van der Waals surface area contributed by atoms with E-state index in [0.717, 1.165) is 10.6 Å². The van der Waals surface area contributed by atoms with E-state index < -0.39 is 23.5 Å². The smallest absolute Gasteiger partial charge is 0.294 e. The molecule has 0 aliphatic carbocycles. The summed E-state index contributed by atoms with van der Waals surface area (Å²) in [4.78, 5) is 33.4. The number of methoxy groups -OCH3 is 2. The number of aliphatic hydroxyl groups excluding tert-OH is 1. The molecule has 8 heteroatoms. The standard InChI is InChI=1S/C27H28N2O5S/c1-14(2)17-7-10-19(11-8-17)29-23(18-9-12-20(33-5)21(13-18)34-6)22(25(31)27(29)32)24(30)26-15(3)28-16(4)35-26/h7-14,23,31H,1-6H3. The number of nitrogens with zero attached hydrogens (tertiary/aromatic N) is 2. The molecule has 1 unspecified atom stereocenters. The maximum atomic E-state index is 13.7. The van der Waals surface area contributed by atoms with Gasteiger partial charge in [-0.1, -0.05) is 32.0 Å². The largest absolute Gasteiger partial charge is 0.503 e. The lowest BCUT2D eigenvalue weighted by Gasteiger charge is -2.27. The molecule has 1 atom stereocenters. The molecule has 4 rings (SSSR count). The van der Waals surface area contributed by atoms with Gasteiger partial charge < -0.3 is 14.6 Å². The number of ketones is 1. The lowest BCUT2D eigenvalue weighted by molar-refractivity contribution is -0.117. The van der Waals surface area contributed by atoms with E-state index in [0.29, 0.717) is 39.2 Å². The molecule has 0 spiro atoms. The fourth-order valence-corrected chi connectivity index (χ4v) is 5.20. The van der Waals surface area contributed by atoms with E-state index in [2.05, 4.69) is 18.8 Å². The van der Waals surface area contributed by atoms with Gasteiger partial charge in [-0.3, -0.25) is 14.5 Å². The Morgan fingerprint density at radius 3 is 2.26 bits per heavy atom. The van der Waals surface area contributed by atoms with E-state index >= 15 is 0 Å². The molecule has 1 aliphatic rings. The molecule has 182 valence electrons. The van der Waals surface area contributed by atoms with Gasteiger partial charge in [0.1, 0.15) is 0 Å². The number of amides is 1. The van der Waals surface area contributed by atoms with Gasteiger partial charge >= 0.3 is 0 Å². The number of carbonyl (C=O) groups excluding carboxylic acids is 2.